The third-order valence-electron chi connectivity index (χ3n) is 10.6. The second-order valence-corrected chi connectivity index (χ2v) is 16.9. The van der Waals surface area contributed by atoms with Crippen molar-refractivity contribution in [3.63, 3.8) is 0 Å². The van der Waals surface area contributed by atoms with Crippen LogP contribution in [-0.4, -0.2) is 96.4 Å². The molecule has 0 aliphatic carbocycles. The Bertz CT molecular complexity index is 3260. The van der Waals surface area contributed by atoms with Gasteiger partial charge in [-0.2, -0.15) is 5.26 Å². The van der Waals surface area contributed by atoms with Crippen LogP contribution in [0.1, 0.15) is 114 Å². The summed E-state index contributed by atoms with van der Waals surface area (Å²) in [4.78, 5) is 117. The molecule has 0 bridgehead atoms. The number of aromatic nitrogens is 15. The first-order valence-electron chi connectivity index (χ1n) is 22.7. The van der Waals surface area contributed by atoms with Crippen LogP contribution in [0.4, 0.5) is 0 Å². The Balaban J connectivity index is 0.000000178. The Labute approximate surface area is 426 Å². The number of nitrogens with zero attached hydrogens (tertiary/aromatic N) is 13. The summed E-state index contributed by atoms with van der Waals surface area (Å²) in [6.45, 7) is 12.9. The number of rotatable bonds is 12. The minimum Gasteiger partial charge on any atom is -0.477 e. The highest BCUT2D eigenvalue weighted by molar-refractivity contribution is 5.91. The Kier molecular flexibility index (Phi) is 17.4. The second-order valence-electron chi connectivity index (χ2n) is 16.9. The van der Waals surface area contributed by atoms with E-state index in [9.17, 15) is 28.8 Å². The molecule has 75 heavy (non-hydrogen) atoms. The number of nitrogens with one attached hydrogen (secondary N) is 3. The molecule has 2 amide bonds. The zero-order valence-corrected chi connectivity index (χ0v) is 41.5. The molecule has 8 N–H and O–H groups in total. The van der Waals surface area contributed by atoms with Crippen LogP contribution in [-0.2, 0) is 0 Å². The first kappa shape index (κ1) is 54.0. The van der Waals surface area contributed by atoms with E-state index in [-0.39, 0.29) is 51.5 Å². The highest BCUT2D eigenvalue weighted by Crippen LogP contribution is 2.28. The van der Waals surface area contributed by atoms with Gasteiger partial charge in [0.1, 0.15) is 36.1 Å². The van der Waals surface area contributed by atoms with Gasteiger partial charge >= 0.3 is 5.97 Å². The predicted molar refractivity (Wildman–Crippen MR) is 273 cm³/mol. The topological polar surface area (TPSA) is 377 Å². The summed E-state index contributed by atoms with van der Waals surface area (Å²) in [5.41, 5.74) is 14.9. The molecule has 9 rings (SSSR count). The first-order valence-corrected chi connectivity index (χ1v) is 22.7. The minimum absolute atomic E-state index is 0.0381. The first-order chi connectivity index (χ1) is 35.8. The standard InChI is InChI=1S/2C16H16N6O2.C16H15N5O3.C2H3N/c2*1-9(2)12-13(10-3-4-11(14(17)23)19-7-10)20-16(21-15(12)24)22-6-5-18-8-22;1-9(2)12-13(10-3-4-11(15(23)24)18-7-10)19-16(20-14(12)22)21-6-5-17-8-21;1-2-3/h2*3-9H,1-2H3,(H2,17,23)(H,20,21,24);3-9H,1-2H3,(H,23,24)(H,19,20,22);1H3. The Hall–Kier alpha value is -10.4. The van der Waals surface area contributed by atoms with E-state index in [4.69, 9.17) is 21.8 Å². The number of hydrogen-bond donors (Lipinski definition) is 6. The molecule has 0 aliphatic heterocycles. The lowest BCUT2D eigenvalue weighted by Gasteiger charge is -2.13. The fourth-order valence-corrected chi connectivity index (χ4v) is 7.22. The molecule has 0 saturated carbocycles. The van der Waals surface area contributed by atoms with Crippen molar-refractivity contribution in [2.45, 2.75) is 66.2 Å². The fourth-order valence-electron chi connectivity index (χ4n) is 7.22. The maximum atomic E-state index is 12.5. The molecule has 0 radical (unpaired) electrons. The monoisotopic (exact) mass is 1010 g/mol. The molecule has 0 aliphatic rings. The number of primary amides is 2. The summed E-state index contributed by atoms with van der Waals surface area (Å²) < 4.78 is 4.81. The largest absolute Gasteiger partial charge is 0.477 e. The summed E-state index contributed by atoms with van der Waals surface area (Å²) in [6.07, 6.45) is 18.8. The van der Waals surface area contributed by atoms with Crippen LogP contribution in [0.2, 0.25) is 0 Å². The Morgan fingerprint density at radius 1 is 0.533 bits per heavy atom. The van der Waals surface area contributed by atoms with Crippen LogP contribution >= 0.6 is 0 Å². The predicted octanol–water partition coefficient (Wildman–Crippen LogP) is 4.85. The number of nitrogens with two attached hydrogens (primary N) is 2. The van der Waals surface area contributed by atoms with Crippen LogP contribution in [0, 0.1) is 11.3 Å². The lowest BCUT2D eigenvalue weighted by atomic mass is 9.99. The zero-order chi connectivity index (χ0) is 54.5. The van der Waals surface area contributed by atoms with E-state index in [1.54, 1.807) is 87.8 Å². The number of carboxylic acids is 1. The van der Waals surface area contributed by atoms with Gasteiger partial charge in [-0.3, -0.25) is 62.6 Å². The molecule has 382 valence electrons. The average molecular weight is 1020 g/mol. The highest BCUT2D eigenvalue weighted by atomic mass is 16.4. The van der Waals surface area contributed by atoms with Crippen molar-refractivity contribution >= 4 is 17.8 Å². The van der Waals surface area contributed by atoms with E-state index in [1.807, 2.05) is 41.5 Å². The van der Waals surface area contributed by atoms with Crippen LogP contribution in [0.25, 0.3) is 51.6 Å². The van der Waals surface area contributed by atoms with Gasteiger partial charge in [-0.1, -0.05) is 41.5 Å². The summed E-state index contributed by atoms with van der Waals surface area (Å²) in [7, 11) is 0. The number of carbonyl (C=O) groups is 3. The SMILES string of the molecule is CC#N.CC(C)c1c(-c2ccc(C(=O)O)nc2)nc(-n2ccnc2)[nH]c1=O.CC(C)c1c(-c2ccc(C(N)=O)nc2)nc(-n2ccnc2)[nH]c1=O.CC(C)c1c(-c2ccc(C(N)=O)nc2)nc(-n2ccnc2)[nH]c1=O. The molecule has 0 atom stereocenters. The molecule has 0 unspecified atom stereocenters. The van der Waals surface area contributed by atoms with E-state index in [0.717, 1.165) is 0 Å². The van der Waals surface area contributed by atoms with E-state index < -0.39 is 17.8 Å². The van der Waals surface area contributed by atoms with Gasteiger partial charge in [-0.05, 0) is 54.2 Å². The molecular formula is C50H50N18O7. The molecule has 25 nitrogen and oxygen atoms in total. The maximum absolute atomic E-state index is 12.5. The number of carbonyl (C=O) groups excluding carboxylic acids is 2. The molecule has 9 aromatic rings. The van der Waals surface area contributed by atoms with Crippen LogP contribution in [0.15, 0.2) is 126 Å². The van der Waals surface area contributed by atoms with Gasteiger partial charge < -0.3 is 16.6 Å². The number of hydrogen-bond acceptors (Lipinski definition) is 16. The van der Waals surface area contributed by atoms with Crippen LogP contribution in [0.3, 0.4) is 0 Å². The maximum Gasteiger partial charge on any atom is 0.354 e. The number of aromatic amines is 3. The average Bonchev–Trinajstić information content (AvgIpc) is 4.23. The lowest BCUT2D eigenvalue weighted by Crippen LogP contribution is -2.20. The number of nitriles is 1. The molecule has 0 aromatic carbocycles. The van der Waals surface area contributed by atoms with E-state index in [1.165, 1.54) is 50.0 Å². The lowest BCUT2D eigenvalue weighted by molar-refractivity contribution is 0.0690. The molecule has 0 saturated heterocycles. The van der Waals surface area contributed by atoms with E-state index in [0.29, 0.717) is 68.3 Å². The van der Waals surface area contributed by atoms with Gasteiger partial charge in [-0.25, -0.2) is 39.7 Å². The van der Waals surface area contributed by atoms with Gasteiger partial charge in [-0.15, -0.1) is 0 Å². The van der Waals surface area contributed by atoms with Crippen LogP contribution in [0.5, 0.6) is 0 Å². The van der Waals surface area contributed by atoms with E-state index >= 15 is 0 Å². The van der Waals surface area contributed by atoms with Crippen molar-refractivity contribution in [3.8, 4) is 57.7 Å². The normalized spacial score (nSPS) is 10.6. The third-order valence-corrected chi connectivity index (χ3v) is 10.6. The summed E-state index contributed by atoms with van der Waals surface area (Å²) in [5.74, 6) is -1.41. The number of aromatic carboxylic acids is 1. The van der Waals surface area contributed by atoms with Gasteiger partial charge in [0.15, 0.2) is 0 Å². The third kappa shape index (κ3) is 12.9. The molecule has 25 heteroatoms. The van der Waals surface area contributed by atoms with Gasteiger partial charge in [0.25, 0.3) is 28.5 Å². The highest BCUT2D eigenvalue weighted by Gasteiger charge is 2.21. The van der Waals surface area contributed by atoms with Crippen LogP contribution < -0.4 is 28.1 Å². The fraction of sp³-hybridized carbons (Fsp3) is 0.200. The van der Waals surface area contributed by atoms with E-state index in [2.05, 4.69) is 59.8 Å². The van der Waals surface area contributed by atoms with Crippen molar-refractivity contribution in [2.75, 3.05) is 0 Å². The number of amides is 2. The van der Waals surface area contributed by atoms with Crippen molar-refractivity contribution < 1.29 is 19.5 Å². The van der Waals surface area contributed by atoms with Crippen molar-refractivity contribution in [3.05, 3.63) is 176 Å². The van der Waals surface area contributed by atoms with Gasteiger partial charge in [0, 0.05) is 96.1 Å². The number of H-pyrrole nitrogens is 3. The minimum atomic E-state index is -1.11. The van der Waals surface area contributed by atoms with Gasteiger partial charge in [0.2, 0.25) is 17.8 Å². The molecule has 0 fully saturated rings. The number of pyridine rings is 3. The van der Waals surface area contributed by atoms with Crippen molar-refractivity contribution in [1.82, 2.24) is 73.5 Å². The summed E-state index contributed by atoms with van der Waals surface area (Å²) in [5, 5.41) is 16.3. The summed E-state index contributed by atoms with van der Waals surface area (Å²) in [6, 6.07) is 11.1. The Morgan fingerprint density at radius 2 is 0.813 bits per heavy atom. The van der Waals surface area contributed by atoms with Gasteiger partial charge in [0.05, 0.1) is 23.2 Å². The number of carboxylic acid groups (broad SMARTS) is 1. The Morgan fingerprint density at radius 3 is 1.01 bits per heavy atom. The quantitative estimate of drug-likeness (QED) is 0.0952. The molecule has 0 spiro atoms. The zero-order valence-electron chi connectivity index (χ0n) is 41.5. The summed E-state index contributed by atoms with van der Waals surface area (Å²) >= 11 is 0. The van der Waals surface area contributed by atoms with Crippen molar-refractivity contribution in [1.29, 1.82) is 5.26 Å². The molecule has 9 aromatic heterocycles. The number of imidazole rings is 3. The smallest absolute Gasteiger partial charge is 0.354 e. The molecule has 9 heterocycles. The van der Waals surface area contributed by atoms with Crippen molar-refractivity contribution in [2.24, 2.45) is 11.5 Å². The molecular weight excluding hydrogens is 965 g/mol. The second kappa shape index (κ2) is 24.2.